The monoisotopic (exact) mass is 339 g/mol. The van der Waals surface area contributed by atoms with Gasteiger partial charge in [-0.05, 0) is 50.2 Å². The second-order valence-corrected chi connectivity index (χ2v) is 7.55. The van der Waals surface area contributed by atoms with E-state index < -0.39 is 0 Å². The van der Waals surface area contributed by atoms with E-state index >= 15 is 0 Å². The molecule has 0 aliphatic heterocycles. The maximum absolute atomic E-state index is 12.2. The third-order valence-electron chi connectivity index (χ3n) is 5.41. The molecule has 2 saturated carbocycles. The van der Waals surface area contributed by atoms with E-state index in [1.165, 1.54) is 24.0 Å². The van der Waals surface area contributed by atoms with Crippen molar-refractivity contribution >= 4 is 5.91 Å². The van der Waals surface area contributed by atoms with Gasteiger partial charge < -0.3 is 9.84 Å². The van der Waals surface area contributed by atoms with Crippen LogP contribution in [0.3, 0.4) is 0 Å². The van der Waals surface area contributed by atoms with Crippen molar-refractivity contribution in [3.05, 3.63) is 47.1 Å². The first-order valence-corrected chi connectivity index (χ1v) is 9.32. The number of nitrogens with zero attached hydrogens (tertiary/aromatic N) is 2. The van der Waals surface area contributed by atoms with Gasteiger partial charge in [-0.1, -0.05) is 29.4 Å². The summed E-state index contributed by atoms with van der Waals surface area (Å²) >= 11 is 0. The summed E-state index contributed by atoms with van der Waals surface area (Å²) in [6, 6.07) is 8.50. The summed E-state index contributed by atoms with van der Waals surface area (Å²) in [5.41, 5.74) is 2.86. The van der Waals surface area contributed by atoms with E-state index in [-0.39, 0.29) is 11.3 Å². The van der Waals surface area contributed by atoms with Gasteiger partial charge in [-0.3, -0.25) is 4.79 Å². The zero-order valence-electron chi connectivity index (χ0n) is 14.8. The molecular weight excluding hydrogens is 314 g/mol. The number of carbonyl (C=O) groups excluding carboxylic acids is 1. The summed E-state index contributed by atoms with van der Waals surface area (Å²) in [7, 11) is 0. The molecule has 1 heterocycles. The molecule has 2 fully saturated rings. The molecule has 0 radical (unpaired) electrons. The fourth-order valence-electron chi connectivity index (χ4n) is 3.49. The summed E-state index contributed by atoms with van der Waals surface area (Å²) in [5, 5.41) is 7.13. The lowest BCUT2D eigenvalue weighted by atomic mass is 9.92. The van der Waals surface area contributed by atoms with Crippen LogP contribution in [-0.2, 0) is 16.6 Å². The molecule has 1 aromatic heterocycles. The number of hydrogen-bond acceptors (Lipinski definition) is 4. The van der Waals surface area contributed by atoms with E-state index in [1.54, 1.807) is 0 Å². The van der Waals surface area contributed by atoms with E-state index in [1.807, 2.05) is 0 Å². The number of aryl methyl sites for hydroxylation is 2. The molecule has 2 aromatic rings. The standard InChI is InChI=1S/C20H25N3O2/c1-14-5-2-3-6-16(14)20(11-12-20)13-21-17(24)7-4-8-18-22-19(23-25-18)15-9-10-15/h2-3,5-6,15H,4,7-13H2,1H3,(H,21,24). The molecule has 0 unspecified atom stereocenters. The van der Waals surface area contributed by atoms with E-state index in [9.17, 15) is 4.79 Å². The van der Waals surface area contributed by atoms with Crippen molar-refractivity contribution in [2.75, 3.05) is 6.54 Å². The largest absolute Gasteiger partial charge is 0.355 e. The smallest absolute Gasteiger partial charge is 0.226 e. The molecule has 1 amide bonds. The van der Waals surface area contributed by atoms with Crippen molar-refractivity contribution < 1.29 is 9.32 Å². The maximum atomic E-state index is 12.2. The van der Waals surface area contributed by atoms with Gasteiger partial charge in [0.15, 0.2) is 5.82 Å². The highest BCUT2D eigenvalue weighted by Crippen LogP contribution is 2.48. The first-order chi connectivity index (χ1) is 12.2. The minimum Gasteiger partial charge on any atom is -0.355 e. The summed E-state index contributed by atoms with van der Waals surface area (Å²) in [5.74, 6) is 2.13. The Hall–Kier alpha value is -2.17. The van der Waals surface area contributed by atoms with Crippen LogP contribution in [0.4, 0.5) is 0 Å². The number of hydrogen-bond donors (Lipinski definition) is 1. The highest BCUT2D eigenvalue weighted by atomic mass is 16.5. The van der Waals surface area contributed by atoms with Crippen LogP contribution < -0.4 is 5.32 Å². The predicted molar refractivity (Wildman–Crippen MR) is 94.3 cm³/mol. The van der Waals surface area contributed by atoms with Gasteiger partial charge in [0, 0.05) is 30.7 Å². The van der Waals surface area contributed by atoms with Crippen molar-refractivity contribution in [1.82, 2.24) is 15.5 Å². The van der Waals surface area contributed by atoms with Crippen LogP contribution in [0.25, 0.3) is 0 Å². The van der Waals surface area contributed by atoms with Gasteiger partial charge in [0.2, 0.25) is 11.8 Å². The Kier molecular flexibility index (Phi) is 4.32. The molecule has 5 heteroatoms. The van der Waals surface area contributed by atoms with Crippen LogP contribution in [0.2, 0.25) is 0 Å². The zero-order chi connectivity index (χ0) is 17.3. The van der Waals surface area contributed by atoms with Crippen molar-refractivity contribution in [2.45, 2.75) is 63.2 Å². The third-order valence-corrected chi connectivity index (χ3v) is 5.41. The number of rotatable bonds is 8. The summed E-state index contributed by atoms with van der Waals surface area (Å²) < 4.78 is 5.25. The quantitative estimate of drug-likeness (QED) is 0.800. The SMILES string of the molecule is Cc1ccccc1C1(CNC(=O)CCCc2nc(C3CC3)no2)CC1. The maximum Gasteiger partial charge on any atom is 0.226 e. The average Bonchev–Trinajstić information content (AvgIpc) is 3.54. The van der Waals surface area contributed by atoms with Crippen LogP contribution >= 0.6 is 0 Å². The Morgan fingerprint density at radius 1 is 1.32 bits per heavy atom. The zero-order valence-corrected chi connectivity index (χ0v) is 14.8. The Morgan fingerprint density at radius 2 is 2.12 bits per heavy atom. The fraction of sp³-hybridized carbons (Fsp3) is 0.550. The molecule has 0 bridgehead atoms. The van der Waals surface area contributed by atoms with Gasteiger partial charge in [-0.15, -0.1) is 0 Å². The highest BCUT2D eigenvalue weighted by Gasteiger charge is 2.45. The lowest BCUT2D eigenvalue weighted by Gasteiger charge is -2.18. The van der Waals surface area contributed by atoms with Crippen LogP contribution in [0.1, 0.15) is 67.3 Å². The molecule has 25 heavy (non-hydrogen) atoms. The topological polar surface area (TPSA) is 68.0 Å². The second-order valence-electron chi connectivity index (χ2n) is 7.55. The number of nitrogens with one attached hydrogen (secondary N) is 1. The van der Waals surface area contributed by atoms with Gasteiger partial charge in [0.25, 0.3) is 0 Å². The fourth-order valence-corrected chi connectivity index (χ4v) is 3.49. The number of carbonyl (C=O) groups is 1. The average molecular weight is 339 g/mol. The summed E-state index contributed by atoms with van der Waals surface area (Å²) in [4.78, 5) is 16.6. The molecular formula is C20H25N3O2. The van der Waals surface area contributed by atoms with Crippen molar-refractivity contribution in [1.29, 1.82) is 0 Å². The first-order valence-electron chi connectivity index (χ1n) is 9.32. The molecule has 2 aliphatic carbocycles. The predicted octanol–water partition coefficient (Wildman–Crippen LogP) is 3.43. The van der Waals surface area contributed by atoms with E-state index in [4.69, 9.17) is 4.52 Å². The highest BCUT2D eigenvalue weighted by molar-refractivity contribution is 5.76. The molecule has 0 spiro atoms. The van der Waals surface area contributed by atoms with Crippen molar-refractivity contribution in [2.24, 2.45) is 0 Å². The molecule has 1 N–H and O–H groups in total. The van der Waals surface area contributed by atoms with Crippen LogP contribution in [0.5, 0.6) is 0 Å². The molecule has 5 nitrogen and oxygen atoms in total. The van der Waals surface area contributed by atoms with Crippen molar-refractivity contribution in [3.63, 3.8) is 0 Å². The van der Waals surface area contributed by atoms with Crippen LogP contribution in [0, 0.1) is 6.92 Å². The normalized spacial score (nSPS) is 18.1. The van der Waals surface area contributed by atoms with Gasteiger partial charge >= 0.3 is 0 Å². The molecule has 4 rings (SSSR count). The van der Waals surface area contributed by atoms with Gasteiger partial charge in [0.1, 0.15) is 0 Å². The van der Waals surface area contributed by atoms with Crippen LogP contribution in [0.15, 0.2) is 28.8 Å². The van der Waals surface area contributed by atoms with Gasteiger partial charge in [-0.25, -0.2) is 0 Å². The van der Waals surface area contributed by atoms with Gasteiger partial charge in [0.05, 0.1) is 0 Å². The lowest BCUT2D eigenvalue weighted by molar-refractivity contribution is -0.121. The Balaban J connectivity index is 1.22. The Labute approximate surface area is 148 Å². The number of amides is 1. The molecule has 1 aromatic carbocycles. The van der Waals surface area contributed by atoms with Crippen LogP contribution in [-0.4, -0.2) is 22.6 Å². The third kappa shape index (κ3) is 3.75. The molecule has 0 atom stereocenters. The number of benzene rings is 1. The number of aromatic nitrogens is 2. The molecule has 2 aliphatic rings. The van der Waals surface area contributed by atoms with E-state index in [0.717, 1.165) is 31.6 Å². The van der Waals surface area contributed by atoms with E-state index in [2.05, 4.69) is 46.6 Å². The Morgan fingerprint density at radius 3 is 2.84 bits per heavy atom. The Bertz CT molecular complexity index is 760. The second kappa shape index (κ2) is 6.62. The summed E-state index contributed by atoms with van der Waals surface area (Å²) in [6.45, 7) is 2.89. The molecule has 0 saturated heterocycles. The minimum absolute atomic E-state index is 0.113. The summed E-state index contributed by atoms with van der Waals surface area (Å²) in [6.07, 6.45) is 6.58. The lowest BCUT2D eigenvalue weighted by Crippen LogP contribution is -2.32. The molecule has 132 valence electrons. The van der Waals surface area contributed by atoms with Crippen molar-refractivity contribution in [3.8, 4) is 0 Å². The van der Waals surface area contributed by atoms with Gasteiger partial charge in [-0.2, -0.15) is 4.98 Å². The minimum atomic E-state index is 0.113. The van der Waals surface area contributed by atoms with E-state index in [0.29, 0.717) is 24.7 Å². The first kappa shape index (κ1) is 16.3.